The third kappa shape index (κ3) is 2.82. The van der Waals surface area contributed by atoms with Gasteiger partial charge in [-0.1, -0.05) is 0 Å². The molecule has 0 bridgehead atoms. The fourth-order valence-corrected chi connectivity index (χ4v) is 1.84. The third-order valence-electron chi connectivity index (χ3n) is 2.88. The SMILES string of the molecule is CNc1ccc([N+](=O)[O-])c(NC2CCC(=O)NC2=O)n1. The maximum absolute atomic E-state index is 11.6. The van der Waals surface area contributed by atoms with Gasteiger partial charge in [-0.15, -0.1) is 0 Å². The first-order chi connectivity index (χ1) is 9.51. The molecular weight excluding hydrogens is 266 g/mol. The maximum atomic E-state index is 11.6. The van der Waals surface area contributed by atoms with E-state index in [9.17, 15) is 19.7 Å². The summed E-state index contributed by atoms with van der Waals surface area (Å²) in [6.07, 6.45) is 0.455. The molecule has 2 heterocycles. The van der Waals surface area contributed by atoms with E-state index < -0.39 is 16.9 Å². The standard InChI is InChI=1S/C11H13N5O4/c1-12-8-4-3-7(16(19)20)10(14-8)13-6-2-5-9(17)15-11(6)18/h3-4,6H,2,5H2,1H3,(H2,12,13,14)(H,15,17,18). The average molecular weight is 279 g/mol. The molecular formula is C11H13N5O4. The van der Waals surface area contributed by atoms with E-state index >= 15 is 0 Å². The number of piperidine rings is 1. The van der Waals surface area contributed by atoms with E-state index in [2.05, 4.69) is 20.9 Å². The Hall–Kier alpha value is -2.71. The summed E-state index contributed by atoms with van der Waals surface area (Å²) in [4.78, 5) is 37.1. The molecule has 0 saturated carbocycles. The predicted molar refractivity (Wildman–Crippen MR) is 70.2 cm³/mol. The highest BCUT2D eigenvalue weighted by Crippen LogP contribution is 2.25. The normalized spacial score (nSPS) is 18.4. The lowest BCUT2D eigenvalue weighted by atomic mass is 10.1. The molecule has 3 N–H and O–H groups in total. The van der Waals surface area contributed by atoms with Crippen LogP contribution in [0.25, 0.3) is 0 Å². The van der Waals surface area contributed by atoms with E-state index in [1.54, 1.807) is 7.05 Å². The Bertz CT molecular complexity index is 574. The number of rotatable bonds is 4. The number of amides is 2. The Balaban J connectivity index is 2.25. The number of hydrogen-bond acceptors (Lipinski definition) is 7. The summed E-state index contributed by atoms with van der Waals surface area (Å²) in [5.41, 5.74) is -0.228. The monoisotopic (exact) mass is 279 g/mol. The summed E-state index contributed by atoms with van der Waals surface area (Å²) in [6.45, 7) is 0. The van der Waals surface area contributed by atoms with Gasteiger partial charge in [-0.25, -0.2) is 4.98 Å². The van der Waals surface area contributed by atoms with Gasteiger partial charge in [0.15, 0.2) is 0 Å². The highest BCUT2D eigenvalue weighted by atomic mass is 16.6. The fourth-order valence-electron chi connectivity index (χ4n) is 1.84. The lowest BCUT2D eigenvalue weighted by Crippen LogP contribution is -2.47. The van der Waals surface area contributed by atoms with Crippen molar-refractivity contribution in [2.75, 3.05) is 17.7 Å². The highest BCUT2D eigenvalue weighted by molar-refractivity contribution is 6.01. The van der Waals surface area contributed by atoms with Crippen molar-refractivity contribution in [3.05, 3.63) is 22.2 Å². The lowest BCUT2D eigenvalue weighted by molar-refractivity contribution is -0.384. The van der Waals surface area contributed by atoms with Crippen LogP contribution in [0.4, 0.5) is 17.3 Å². The highest BCUT2D eigenvalue weighted by Gasteiger charge is 2.29. The summed E-state index contributed by atoms with van der Waals surface area (Å²) >= 11 is 0. The molecule has 1 saturated heterocycles. The van der Waals surface area contributed by atoms with Crippen LogP contribution < -0.4 is 16.0 Å². The lowest BCUT2D eigenvalue weighted by Gasteiger charge is -2.22. The molecule has 0 aromatic carbocycles. The number of nitrogens with zero attached hydrogens (tertiary/aromatic N) is 2. The van der Waals surface area contributed by atoms with E-state index in [4.69, 9.17) is 0 Å². The second-order valence-electron chi connectivity index (χ2n) is 4.22. The Kier molecular flexibility index (Phi) is 3.78. The van der Waals surface area contributed by atoms with E-state index in [0.717, 1.165) is 0 Å². The number of hydrogen-bond donors (Lipinski definition) is 3. The van der Waals surface area contributed by atoms with Crippen LogP contribution in [0.2, 0.25) is 0 Å². The molecule has 1 aromatic heterocycles. The zero-order valence-corrected chi connectivity index (χ0v) is 10.7. The van der Waals surface area contributed by atoms with Crippen molar-refractivity contribution >= 4 is 29.1 Å². The number of nitro groups is 1. The first-order valence-electron chi connectivity index (χ1n) is 5.94. The van der Waals surface area contributed by atoms with Gasteiger partial charge in [0, 0.05) is 19.5 Å². The number of anilines is 2. The molecule has 20 heavy (non-hydrogen) atoms. The molecule has 1 aliphatic rings. The van der Waals surface area contributed by atoms with Crippen LogP contribution >= 0.6 is 0 Å². The Morgan fingerprint density at radius 3 is 2.80 bits per heavy atom. The second kappa shape index (κ2) is 5.51. The molecule has 1 atom stereocenters. The van der Waals surface area contributed by atoms with Crippen molar-refractivity contribution in [1.29, 1.82) is 0 Å². The Morgan fingerprint density at radius 2 is 2.20 bits per heavy atom. The molecule has 9 heteroatoms. The topological polar surface area (TPSA) is 126 Å². The number of carbonyl (C=O) groups excluding carboxylic acids is 2. The van der Waals surface area contributed by atoms with Crippen molar-refractivity contribution in [2.24, 2.45) is 0 Å². The summed E-state index contributed by atoms with van der Waals surface area (Å²) < 4.78 is 0. The molecule has 0 spiro atoms. The van der Waals surface area contributed by atoms with Gasteiger partial charge in [-0.05, 0) is 12.5 Å². The Morgan fingerprint density at radius 1 is 1.45 bits per heavy atom. The van der Waals surface area contributed by atoms with Crippen LogP contribution in [-0.2, 0) is 9.59 Å². The zero-order valence-electron chi connectivity index (χ0n) is 10.7. The number of carbonyl (C=O) groups is 2. The minimum Gasteiger partial charge on any atom is -0.373 e. The molecule has 0 radical (unpaired) electrons. The first-order valence-corrected chi connectivity index (χ1v) is 5.94. The van der Waals surface area contributed by atoms with Crippen LogP contribution in [0, 0.1) is 10.1 Å². The molecule has 1 unspecified atom stereocenters. The van der Waals surface area contributed by atoms with Gasteiger partial charge in [0.1, 0.15) is 11.9 Å². The first kappa shape index (κ1) is 13.7. The van der Waals surface area contributed by atoms with Crippen LogP contribution in [-0.4, -0.2) is 34.8 Å². The summed E-state index contributed by atoms with van der Waals surface area (Å²) in [6, 6.07) is 2.05. The van der Waals surface area contributed by atoms with Gasteiger partial charge >= 0.3 is 5.69 Å². The molecule has 0 aliphatic carbocycles. The number of nitrogens with one attached hydrogen (secondary N) is 3. The van der Waals surface area contributed by atoms with Crippen LogP contribution in [0.5, 0.6) is 0 Å². The van der Waals surface area contributed by atoms with E-state index in [-0.39, 0.29) is 30.3 Å². The van der Waals surface area contributed by atoms with Crippen molar-refractivity contribution in [1.82, 2.24) is 10.3 Å². The van der Waals surface area contributed by atoms with Crippen molar-refractivity contribution in [2.45, 2.75) is 18.9 Å². The molecule has 106 valence electrons. The molecule has 2 amide bonds. The van der Waals surface area contributed by atoms with E-state index in [1.807, 2.05) is 0 Å². The maximum Gasteiger partial charge on any atom is 0.311 e. The Labute approximate surface area is 113 Å². The van der Waals surface area contributed by atoms with E-state index in [0.29, 0.717) is 5.82 Å². The molecule has 1 aliphatic heterocycles. The van der Waals surface area contributed by atoms with Crippen LogP contribution in [0.3, 0.4) is 0 Å². The minimum absolute atomic E-state index is 0.00338. The fraction of sp³-hybridized carbons (Fsp3) is 0.364. The predicted octanol–water partition coefficient (Wildman–Crippen LogP) is 0.249. The van der Waals surface area contributed by atoms with Crippen molar-refractivity contribution in [3.63, 3.8) is 0 Å². The van der Waals surface area contributed by atoms with E-state index in [1.165, 1.54) is 12.1 Å². The van der Waals surface area contributed by atoms with Crippen molar-refractivity contribution < 1.29 is 14.5 Å². The summed E-state index contributed by atoms with van der Waals surface area (Å²) in [7, 11) is 1.63. The number of imide groups is 1. The van der Waals surface area contributed by atoms with Crippen molar-refractivity contribution in [3.8, 4) is 0 Å². The third-order valence-corrected chi connectivity index (χ3v) is 2.88. The number of aromatic nitrogens is 1. The van der Waals surface area contributed by atoms with Gasteiger partial charge in [-0.3, -0.25) is 25.0 Å². The molecule has 1 fully saturated rings. The van der Waals surface area contributed by atoms with Gasteiger partial charge in [-0.2, -0.15) is 0 Å². The van der Waals surface area contributed by atoms with Gasteiger partial charge in [0.05, 0.1) is 4.92 Å². The second-order valence-corrected chi connectivity index (χ2v) is 4.22. The molecule has 9 nitrogen and oxygen atoms in total. The number of pyridine rings is 1. The smallest absolute Gasteiger partial charge is 0.311 e. The molecule has 1 aromatic rings. The van der Waals surface area contributed by atoms with Gasteiger partial charge in [0.2, 0.25) is 17.6 Å². The largest absolute Gasteiger partial charge is 0.373 e. The minimum atomic E-state index is -0.717. The zero-order chi connectivity index (χ0) is 14.7. The summed E-state index contributed by atoms with van der Waals surface area (Å²) in [5, 5.41) is 18.6. The summed E-state index contributed by atoms with van der Waals surface area (Å²) in [5.74, 6) is -0.423. The van der Waals surface area contributed by atoms with Crippen LogP contribution in [0.15, 0.2) is 12.1 Å². The molecule has 2 rings (SSSR count). The van der Waals surface area contributed by atoms with Gasteiger partial charge < -0.3 is 10.6 Å². The quantitative estimate of drug-likeness (QED) is 0.409. The average Bonchev–Trinajstić information content (AvgIpc) is 2.41. The van der Waals surface area contributed by atoms with Gasteiger partial charge in [0.25, 0.3) is 0 Å². The van der Waals surface area contributed by atoms with Crippen LogP contribution in [0.1, 0.15) is 12.8 Å².